The first-order valence-corrected chi connectivity index (χ1v) is 7.51. The summed E-state index contributed by atoms with van der Waals surface area (Å²) in [5.74, 6) is 0. The van der Waals surface area contributed by atoms with E-state index in [4.69, 9.17) is 4.74 Å². The molecule has 19 heavy (non-hydrogen) atoms. The lowest BCUT2D eigenvalue weighted by Crippen LogP contribution is -2.47. The summed E-state index contributed by atoms with van der Waals surface area (Å²) in [4.78, 5) is 2.61. The van der Waals surface area contributed by atoms with Crippen molar-refractivity contribution in [2.75, 3.05) is 32.8 Å². The van der Waals surface area contributed by atoms with Gasteiger partial charge in [0, 0.05) is 25.2 Å². The minimum atomic E-state index is 0.516. The highest BCUT2D eigenvalue weighted by Crippen LogP contribution is 2.32. The molecule has 3 heteroatoms. The van der Waals surface area contributed by atoms with Crippen LogP contribution in [0.2, 0.25) is 0 Å². The smallest absolute Gasteiger partial charge is 0.0594 e. The zero-order valence-corrected chi connectivity index (χ0v) is 11.8. The van der Waals surface area contributed by atoms with Gasteiger partial charge < -0.3 is 10.1 Å². The highest BCUT2D eigenvalue weighted by molar-refractivity contribution is 5.33. The Bertz CT molecular complexity index is 415. The van der Waals surface area contributed by atoms with Gasteiger partial charge in [-0.15, -0.1) is 0 Å². The molecule has 1 saturated heterocycles. The van der Waals surface area contributed by atoms with E-state index in [9.17, 15) is 0 Å². The summed E-state index contributed by atoms with van der Waals surface area (Å²) in [7, 11) is 0. The first kappa shape index (κ1) is 13.1. The average molecular weight is 260 g/mol. The van der Waals surface area contributed by atoms with Gasteiger partial charge in [-0.25, -0.2) is 0 Å². The molecule has 1 heterocycles. The molecule has 2 unspecified atom stereocenters. The lowest BCUT2D eigenvalue weighted by molar-refractivity contribution is 0.0109. The third kappa shape index (κ3) is 2.83. The van der Waals surface area contributed by atoms with Crippen LogP contribution in [0.15, 0.2) is 24.3 Å². The van der Waals surface area contributed by atoms with Crippen molar-refractivity contribution in [2.24, 2.45) is 0 Å². The van der Waals surface area contributed by atoms with E-state index in [1.165, 1.54) is 24.0 Å². The molecule has 1 aromatic carbocycles. The van der Waals surface area contributed by atoms with E-state index in [0.717, 1.165) is 32.8 Å². The second-order valence-electron chi connectivity index (χ2n) is 5.55. The largest absolute Gasteiger partial charge is 0.379 e. The number of ether oxygens (including phenoxy) is 1. The summed E-state index contributed by atoms with van der Waals surface area (Å²) in [5, 5.41) is 3.65. The molecule has 2 aliphatic rings. The van der Waals surface area contributed by atoms with Crippen molar-refractivity contribution in [1.29, 1.82) is 0 Å². The average Bonchev–Trinajstić information content (AvgIpc) is 2.48. The van der Waals surface area contributed by atoms with Crippen LogP contribution in [0.25, 0.3) is 0 Å². The minimum Gasteiger partial charge on any atom is -0.379 e. The number of rotatable bonds is 3. The van der Waals surface area contributed by atoms with Crippen molar-refractivity contribution in [3.8, 4) is 0 Å². The van der Waals surface area contributed by atoms with Crippen molar-refractivity contribution in [1.82, 2.24) is 10.2 Å². The van der Waals surface area contributed by atoms with Crippen molar-refractivity contribution in [3.63, 3.8) is 0 Å². The van der Waals surface area contributed by atoms with Gasteiger partial charge in [0.1, 0.15) is 0 Å². The van der Waals surface area contributed by atoms with E-state index in [1.807, 2.05) is 0 Å². The predicted octanol–water partition coefficient (Wildman–Crippen LogP) is 1.98. The molecule has 0 spiro atoms. The monoisotopic (exact) mass is 260 g/mol. The van der Waals surface area contributed by atoms with Crippen molar-refractivity contribution >= 4 is 0 Å². The number of hydrogen-bond acceptors (Lipinski definition) is 3. The van der Waals surface area contributed by atoms with E-state index >= 15 is 0 Å². The van der Waals surface area contributed by atoms with Gasteiger partial charge in [-0.1, -0.05) is 31.2 Å². The Morgan fingerprint density at radius 1 is 1.26 bits per heavy atom. The SMILES string of the molecule is CCNC1CC(N2CCOCC2)Cc2ccccc21. The van der Waals surface area contributed by atoms with Gasteiger partial charge in [0.15, 0.2) is 0 Å². The molecule has 0 amide bonds. The van der Waals surface area contributed by atoms with Crippen LogP contribution in [0.4, 0.5) is 0 Å². The third-order valence-corrected chi connectivity index (χ3v) is 4.41. The van der Waals surface area contributed by atoms with Crippen LogP contribution in [0, 0.1) is 0 Å². The minimum absolute atomic E-state index is 0.516. The van der Waals surface area contributed by atoms with Crippen LogP contribution in [-0.4, -0.2) is 43.8 Å². The molecule has 3 nitrogen and oxygen atoms in total. The molecular formula is C16H24N2O. The Kier molecular flexibility index (Phi) is 4.16. The molecular weight excluding hydrogens is 236 g/mol. The number of fused-ring (bicyclic) bond motifs is 1. The fourth-order valence-electron chi connectivity index (χ4n) is 3.46. The van der Waals surface area contributed by atoms with E-state index < -0.39 is 0 Å². The molecule has 0 aromatic heterocycles. The van der Waals surface area contributed by atoms with Crippen LogP contribution in [0.3, 0.4) is 0 Å². The number of nitrogens with zero attached hydrogens (tertiary/aromatic N) is 1. The summed E-state index contributed by atoms with van der Waals surface area (Å²) in [6, 6.07) is 10.1. The Hall–Kier alpha value is -0.900. The zero-order chi connectivity index (χ0) is 13.1. The standard InChI is InChI=1S/C16H24N2O/c1-2-17-16-12-14(18-7-9-19-10-8-18)11-13-5-3-4-6-15(13)16/h3-6,14,16-17H,2,7-12H2,1H3. The normalized spacial score (nSPS) is 28.1. The summed E-state index contributed by atoms with van der Waals surface area (Å²) >= 11 is 0. The molecule has 104 valence electrons. The fraction of sp³-hybridized carbons (Fsp3) is 0.625. The molecule has 1 fully saturated rings. The van der Waals surface area contributed by atoms with Gasteiger partial charge in [0.25, 0.3) is 0 Å². The number of hydrogen-bond donors (Lipinski definition) is 1. The van der Waals surface area contributed by atoms with Gasteiger partial charge >= 0.3 is 0 Å². The summed E-state index contributed by atoms with van der Waals surface area (Å²) in [6.07, 6.45) is 2.42. The van der Waals surface area contributed by atoms with Crippen LogP contribution in [0.1, 0.15) is 30.5 Å². The molecule has 0 radical (unpaired) electrons. The van der Waals surface area contributed by atoms with Crippen molar-refractivity contribution < 1.29 is 4.74 Å². The van der Waals surface area contributed by atoms with E-state index in [-0.39, 0.29) is 0 Å². The molecule has 1 aliphatic heterocycles. The maximum atomic E-state index is 5.48. The topological polar surface area (TPSA) is 24.5 Å². The number of nitrogens with one attached hydrogen (secondary N) is 1. The lowest BCUT2D eigenvalue weighted by atomic mass is 9.83. The first-order chi connectivity index (χ1) is 9.38. The molecule has 2 atom stereocenters. The quantitative estimate of drug-likeness (QED) is 0.899. The summed E-state index contributed by atoms with van der Waals surface area (Å²) in [5.41, 5.74) is 3.03. The highest BCUT2D eigenvalue weighted by atomic mass is 16.5. The maximum Gasteiger partial charge on any atom is 0.0594 e. The van der Waals surface area contributed by atoms with Gasteiger partial charge in [-0.05, 0) is 30.5 Å². The second kappa shape index (κ2) is 6.04. The maximum absolute atomic E-state index is 5.48. The fourth-order valence-corrected chi connectivity index (χ4v) is 3.46. The van der Waals surface area contributed by atoms with Crippen molar-refractivity contribution in [3.05, 3.63) is 35.4 Å². The molecule has 0 bridgehead atoms. The summed E-state index contributed by atoms with van der Waals surface area (Å²) < 4.78 is 5.48. The van der Waals surface area contributed by atoms with Gasteiger partial charge in [0.05, 0.1) is 13.2 Å². The Morgan fingerprint density at radius 2 is 2.05 bits per heavy atom. The van der Waals surface area contributed by atoms with E-state index in [2.05, 4.69) is 41.4 Å². The lowest BCUT2D eigenvalue weighted by Gasteiger charge is -2.40. The molecule has 1 aliphatic carbocycles. The van der Waals surface area contributed by atoms with Gasteiger partial charge in [0.2, 0.25) is 0 Å². The number of morpholine rings is 1. The predicted molar refractivity (Wildman–Crippen MR) is 77.4 cm³/mol. The van der Waals surface area contributed by atoms with Crippen LogP contribution < -0.4 is 5.32 Å². The Balaban J connectivity index is 1.79. The molecule has 1 aromatic rings. The van der Waals surface area contributed by atoms with Crippen LogP contribution in [-0.2, 0) is 11.2 Å². The van der Waals surface area contributed by atoms with E-state index in [0.29, 0.717) is 12.1 Å². The Labute approximate surface area is 115 Å². The van der Waals surface area contributed by atoms with E-state index in [1.54, 1.807) is 0 Å². The number of benzene rings is 1. The second-order valence-corrected chi connectivity index (χ2v) is 5.55. The molecule has 3 rings (SSSR count). The van der Waals surface area contributed by atoms with Crippen LogP contribution in [0.5, 0.6) is 0 Å². The zero-order valence-electron chi connectivity index (χ0n) is 11.8. The van der Waals surface area contributed by atoms with Crippen molar-refractivity contribution in [2.45, 2.75) is 31.8 Å². The highest BCUT2D eigenvalue weighted by Gasteiger charge is 2.30. The molecule has 0 saturated carbocycles. The van der Waals surface area contributed by atoms with Gasteiger partial charge in [-0.3, -0.25) is 4.90 Å². The van der Waals surface area contributed by atoms with Crippen LogP contribution >= 0.6 is 0 Å². The third-order valence-electron chi connectivity index (χ3n) is 4.41. The summed E-state index contributed by atoms with van der Waals surface area (Å²) in [6.45, 7) is 7.20. The van der Waals surface area contributed by atoms with Gasteiger partial charge in [-0.2, -0.15) is 0 Å². The molecule has 1 N–H and O–H groups in total. The first-order valence-electron chi connectivity index (χ1n) is 7.51. The Morgan fingerprint density at radius 3 is 2.84 bits per heavy atom.